The van der Waals surface area contributed by atoms with Crippen LogP contribution < -0.4 is 14.4 Å². The molecule has 2 aromatic rings. The minimum Gasteiger partial charge on any atom is -0.490 e. The van der Waals surface area contributed by atoms with Gasteiger partial charge in [-0.15, -0.1) is 6.58 Å². The minimum absolute atomic E-state index is 0.0863. The van der Waals surface area contributed by atoms with Gasteiger partial charge in [0, 0.05) is 29.1 Å². The predicted octanol–water partition coefficient (Wildman–Crippen LogP) is 7.36. The quantitative estimate of drug-likeness (QED) is 0.215. The van der Waals surface area contributed by atoms with E-state index in [2.05, 4.69) is 41.3 Å². The Labute approximate surface area is 285 Å². The number of aliphatic hydroxyl groups is 1. The van der Waals surface area contributed by atoms with Crippen molar-refractivity contribution in [1.82, 2.24) is 4.72 Å². The zero-order valence-corrected chi connectivity index (χ0v) is 29.1. The monoisotopic (exact) mass is 680 g/mol. The second-order valence-corrected chi connectivity index (χ2v) is 16.5. The highest BCUT2D eigenvalue weighted by molar-refractivity contribution is 7.90. The summed E-state index contributed by atoms with van der Waals surface area (Å²) in [5, 5.41) is 11.2. The Bertz CT molecular complexity index is 1600. The summed E-state index contributed by atoms with van der Waals surface area (Å²) in [6, 6.07) is 11.5. The molecule has 1 aliphatic heterocycles. The van der Waals surface area contributed by atoms with Gasteiger partial charge in [0.15, 0.2) is 0 Å². The van der Waals surface area contributed by atoms with Gasteiger partial charge in [0.2, 0.25) is 10.0 Å². The third-order valence-corrected chi connectivity index (χ3v) is 13.0. The summed E-state index contributed by atoms with van der Waals surface area (Å²) in [6.07, 6.45) is 15.0. The topological polar surface area (TPSA) is 95.9 Å². The van der Waals surface area contributed by atoms with Crippen LogP contribution in [0.25, 0.3) is 0 Å². The fourth-order valence-electron chi connectivity index (χ4n) is 8.01. The molecule has 9 heteroatoms. The Hall–Kier alpha value is -2.81. The second-order valence-electron chi connectivity index (χ2n) is 14.2. The highest BCUT2D eigenvalue weighted by Gasteiger charge is 2.45. The number of hydrogen-bond donors (Lipinski definition) is 2. The average Bonchev–Trinajstić information content (AvgIpc) is 3.87. The number of rotatable bonds is 13. The van der Waals surface area contributed by atoms with Gasteiger partial charge in [-0.2, -0.15) is 0 Å². The van der Waals surface area contributed by atoms with Crippen molar-refractivity contribution in [2.45, 2.75) is 94.3 Å². The molecule has 2 saturated carbocycles. The molecule has 0 saturated heterocycles. The number of benzene rings is 2. The number of nitrogens with one attached hydrogen (secondary N) is 1. The fourth-order valence-corrected chi connectivity index (χ4v) is 9.96. The summed E-state index contributed by atoms with van der Waals surface area (Å²) in [6.45, 7) is 7.77. The first-order chi connectivity index (χ1) is 22.6. The lowest BCUT2D eigenvalue weighted by atomic mass is 9.68. The Morgan fingerprint density at radius 3 is 2.74 bits per heavy atom. The molecule has 7 nitrogen and oxygen atoms in total. The molecule has 254 valence electrons. The molecule has 1 spiro atoms. The molecule has 0 unspecified atom stereocenters. The van der Waals surface area contributed by atoms with E-state index >= 15 is 0 Å². The second kappa shape index (κ2) is 14.4. The van der Waals surface area contributed by atoms with Crippen molar-refractivity contribution >= 4 is 33.2 Å². The van der Waals surface area contributed by atoms with E-state index < -0.39 is 27.3 Å². The van der Waals surface area contributed by atoms with Crippen molar-refractivity contribution < 1.29 is 23.1 Å². The van der Waals surface area contributed by atoms with Gasteiger partial charge >= 0.3 is 0 Å². The highest BCUT2D eigenvalue weighted by Crippen LogP contribution is 2.47. The number of fused-ring (bicyclic) bond motifs is 3. The van der Waals surface area contributed by atoms with Crippen LogP contribution in [-0.2, 0) is 21.9 Å². The lowest BCUT2D eigenvalue weighted by molar-refractivity contribution is 0.0456. The number of aryl methyl sites for hydroxylation is 1. The van der Waals surface area contributed by atoms with Gasteiger partial charge in [-0.1, -0.05) is 49.2 Å². The molecule has 2 aromatic carbocycles. The van der Waals surface area contributed by atoms with E-state index in [9.17, 15) is 18.3 Å². The summed E-state index contributed by atoms with van der Waals surface area (Å²) in [7, 11) is -3.86. The Morgan fingerprint density at radius 2 is 2.02 bits per heavy atom. The maximum absolute atomic E-state index is 13.6. The number of hydrogen-bond acceptors (Lipinski definition) is 6. The first kappa shape index (κ1) is 34.1. The number of unbranched alkanes of at least 4 members (excludes halogenated alkanes) is 1. The lowest BCUT2D eigenvalue weighted by Gasteiger charge is -2.45. The smallest absolute Gasteiger partial charge is 0.264 e. The fraction of sp³-hybridized carbons (Fsp3) is 0.553. The molecule has 1 heterocycles. The van der Waals surface area contributed by atoms with Crippen LogP contribution in [0.4, 0.5) is 5.69 Å². The average molecular weight is 681 g/mol. The molecule has 2 N–H and O–H groups in total. The van der Waals surface area contributed by atoms with Crippen molar-refractivity contribution in [3.63, 3.8) is 0 Å². The van der Waals surface area contributed by atoms with Gasteiger partial charge in [-0.05, 0) is 123 Å². The minimum atomic E-state index is -3.86. The number of aliphatic hydroxyl groups excluding tert-OH is 1. The van der Waals surface area contributed by atoms with Crippen LogP contribution in [0.5, 0.6) is 5.75 Å². The molecule has 0 aromatic heterocycles. The van der Waals surface area contributed by atoms with Crippen molar-refractivity contribution in [3.8, 4) is 5.75 Å². The van der Waals surface area contributed by atoms with E-state index in [1.54, 1.807) is 18.2 Å². The van der Waals surface area contributed by atoms with Crippen molar-refractivity contribution in [3.05, 3.63) is 82.9 Å². The molecule has 6 rings (SSSR count). The lowest BCUT2D eigenvalue weighted by Crippen LogP contribution is -2.49. The summed E-state index contributed by atoms with van der Waals surface area (Å²) in [5.74, 6) is 0.587. The third-order valence-electron chi connectivity index (χ3n) is 10.9. The van der Waals surface area contributed by atoms with Crippen LogP contribution >= 0.6 is 11.6 Å². The van der Waals surface area contributed by atoms with E-state index in [1.165, 1.54) is 11.1 Å². The van der Waals surface area contributed by atoms with E-state index in [0.29, 0.717) is 43.9 Å². The van der Waals surface area contributed by atoms with Gasteiger partial charge in [0.25, 0.3) is 5.91 Å². The van der Waals surface area contributed by atoms with Crippen LogP contribution in [0.2, 0.25) is 5.02 Å². The van der Waals surface area contributed by atoms with Crippen LogP contribution in [0.3, 0.4) is 0 Å². The maximum Gasteiger partial charge on any atom is 0.264 e. The summed E-state index contributed by atoms with van der Waals surface area (Å²) >= 11 is 6.43. The molecule has 0 radical (unpaired) electrons. The van der Waals surface area contributed by atoms with E-state index in [0.717, 1.165) is 68.5 Å². The number of halogens is 1. The third kappa shape index (κ3) is 7.45. The number of allylic oxidation sites excluding steroid dienone is 2. The van der Waals surface area contributed by atoms with Crippen LogP contribution in [0, 0.1) is 17.8 Å². The number of carbonyl (C=O) groups excluding carboxylic acids is 1. The number of nitrogens with zero attached hydrogens (tertiary/aromatic N) is 1. The van der Waals surface area contributed by atoms with Gasteiger partial charge in [-0.3, -0.25) is 4.79 Å². The standard InChI is InChI=1S/C38H49ClN2O5S/c1-3-5-7-10-34(42)31-17-14-29(31)23-41-24-38(20-8-9-27-21-30(39)16-18-32(27)38)25-46-35-19-15-28(22-33(35)41)37(43)40-47(44,45)36(11-6-4-2)26-12-13-26/h4,7,10,15-16,18-19,21-22,26,29,31,34,36,42H,2-3,5-6,8-9,11-14,17,20,23-25H2,1H3,(H,40,43)/b10-7+/t29-,31+,34-,36+,38-/m0/s1. The largest absolute Gasteiger partial charge is 0.490 e. The molecule has 0 bridgehead atoms. The molecule has 4 aliphatic rings. The number of ether oxygens (including phenoxy) is 1. The van der Waals surface area contributed by atoms with Gasteiger partial charge < -0.3 is 14.7 Å². The summed E-state index contributed by atoms with van der Waals surface area (Å²) in [5.41, 5.74) is 3.32. The van der Waals surface area contributed by atoms with Crippen molar-refractivity contribution in [1.29, 1.82) is 0 Å². The Balaban J connectivity index is 1.30. The van der Waals surface area contributed by atoms with E-state index in [-0.39, 0.29) is 23.2 Å². The van der Waals surface area contributed by atoms with Gasteiger partial charge in [0.1, 0.15) is 5.75 Å². The Kier molecular flexibility index (Phi) is 10.4. The molecule has 5 atom stereocenters. The van der Waals surface area contributed by atoms with Crippen molar-refractivity contribution in [2.24, 2.45) is 17.8 Å². The van der Waals surface area contributed by atoms with Crippen molar-refractivity contribution in [2.75, 3.05) is 24.6 Å². The number of amides is 1. The van der Waals surface area contributed by atoms with Crippen LogP contribution in [0.1, 0.15) is 92.6 Å². The Morgan fingerprint density at radius 1 is 1.19 bits per heavy atom. The van der Waals surface area contributed by atoms with E-state index in [4.69, 9.17) is 16.3 Å². The summed E-state index contributed by atoms with van der Waals surface area (Å²) in [4.78, 5) is 15.9. The van der Waals surface area contributed by atoms with Gasteiger partial charge in [-0.25, -0.2) is 13.1 Å². The van der Waals surface area contributed by atoms with E-state index in [1.807, 2.05) is 18.2 Å². The molecule has 1 amide bonds. The number of carbonyl (C=O) groups is 1. The molecule has 2 fully saturated rings. The summed E-state index contributed by atoms with van der Waals surface area (Å²) < 4.78 is 35.8. The first-order valence-electron chi connectivity index (χ1n) is 17.5. The van der Waals surface area contributed by atoms with Gasteiger partial charge in [0.05, 0.1) is 23.6 Å². The molecule has 47 heavy (non-hydrogen) atoms. The van der Waals surface area contributed by atoms with Crippen LogP contribution in [0.15, 0.2) is 61.2 Å². The maximum atomic E-state index is 13.6. The SMILES string of the molecule is C=CCC[C@H](C1CC1)S(=O)(=O)NC(=O)c1ccc2c(c1)N(C[C@@H]1CC[C@H]1[C@@H](O)/C=C/CCC)C[C@@]1(CCCc3cc(Cl)ccc31)CO2. The molecule has 3 aliphatic carbocycles. The first-order valence-corrected chi connectivity index (χ1v) is 19.4. The number of anilines is 1. The van der Waals surface area contributed by atoms with Crippen LogP contribution in [-0.4, -0.2) is 50.5 Å². The number of sulfonamides is 1. The molecular formula is C38H49ClN2O5S. The zero-order valence-electron chi connectivity index (χ0n) is 27.5. The predicted molar refractivity (Wildman–Crippen MR) is 189 cm³/mol. The highest BCUT2D eigenvalue weighted by atomic mass is 35.5. The molecular weight excluding hydrogens is 632 g/mol. The zero-order chi connectivity index (χ0) is 33.2. The normalized spacial score (nSPS) is 25.2.